The third kappa shape index (κ3) is 3.29. The van der Waals surface area contributed by atoms with Gasteiger partial charge in [-0.15, -0.1) is 0 Å². The Balaban J connectivity index is 1.62. The van der Waals surface area contributed by atoms with E-state index in [1.165, 1.54) is 10.8 Å². The second-order valence-electron chi connectivity index (χ2n) is 6.35. The number of amides is 1. The van der Waals surface area contributed by atoms with E-state index in [1.807, 2.05) is 18.2 Å². The molecule has 0 saturated carbocycles. The van der Waals surface area contributed by atoms with Gasteiger partial charge in [0, 0.05) is 19.4 Å². The van der Waals surface area contributed by atoms with Crippen LogP contribution in [0.3, 0.4) is 0 Å². The summed E-state index contributed by atoms with van der Waals surface area (Å²) in [7, 11) is 1.75. The van der Waals surface area contributed by atoms with E-state index < -0.39 is 5.91 Å². The van der Waals surface area contributed by atoms with E-state index in [0.717, 1.165) is 5.56 Å². The zero-order chi connectivity index (χ0) is 19.0. The molecule has 4 rings (SSSR count). The molecule has 1 aliphatic rings. The minimum atomic E-state index is -0.453. The Kier molecular flexibility index (Phi) is 4.15. The fourth-order valence-electron chi connectivity index (χ4n) is 2.98. The van der Waals surface area contributed by atoms with Gasteiger partial charge >= 0.3 is 0 Å². The average Bonchev–Trinajstić information content (AvgIpc) is 3.26. The van der Waals surface area contributed by atoms with Crippen LogP contribution in [0.15, 0.2) is 47.7 Å². The molecule has 3 aromatic rings. The summed E-state index contributed by atoms with van der Waals surface area (Å²) < 4.78 is 13.8. The number of nitrogens with one attached hydrogen (secondary N) is 1. The van der Waals surface area contributed by atoms with Gasteiger partial charge in [-0.2, -0.15) is 5.10 Å². The molecule has 0 saturated heterocycles. The van der Waals surface area contributed by atoms with Crippen LogP contribution in [0.25, 0.3) is 0 Å². The highest BCUT2D eigenvalue weighted by Crippen LogP contribution is 2.32. The maximum Gasteiger partial charge on any atom is 0.263 e. The van der Waals surface area contributed by atoms with Crippen LogP contribution in [-0.4, -0.2) is 27.0 Å². The van der Waals surface area contributed by atoms with E-state index >= 15 is 0 Å². The van der Waals surface area contributed by atoms with Crippen LogP contribution in [0, 0.1) is 6.92 Å². The highest BCUT2D eigenvalue weighted by molar-refractivity contribution is 6.04. The standard InChI is InChI=1S/C19H18N4O4/c1-12-5-6-23(9-13-3-4-15-16(7-13)27-11-26-15)19(25)17(12)18(24)21-14-8-20-22(2)10-14/h3-8,10H,9,11H2,1-2H3,(H,21,24). The summed E-state index contributed by atoms with van der Waals surface area (Å²) in [4.78, 5) is 25.5. The Morgan fingerprint density at radius 3 is 2.85 bits per heavy atom. The normalized spacial score (nSPS) is 12.2. The molecule has 1 amide bonds. The van der Waals surface area contributed by atoms with Crippen molar-refractivity contribution in [2.24, 2.45) is 7.05 Å². The molecule has 8 nitrogen and oxygen atoms in total. The summed E-state index contributed by atoms with van der Waals surface area (Å²) in [5.74, 6) is 0.888. The SMILES string of the molecule is Cc1ccn(Cc2ccc3c(c2)OCO3)c(=O)c1C(=O)Nc1cnn(C)c1. The number of ether oxygens (including phenoxy) is 2. The number of anilines is 1. The van der Waals surface area contributed by atoms with Gasteiger partial charge in [0.25, 0.3) is 11.5 Å². The number of hydrogen-bond acceptors (Lipinski definition) is 5. The second kappa shape index (κ2) is 6.64. The predicted octanol–water partition coefficient (Wildman–Crippen LogP) is 1.92. The van der Waals surface area contributed by atoms with E-state index in [4.69, 9.17) is 9.47 Å². The van der Waals surface area contributed by atoms with Gasteiger partial charge in [0.05, 0.1) is 18.4 Å². The molecule has 27 heavy (non-hydrogen) atoms. The van der Waals surface area contributed by atoms with Gasteiger partial charge in [0.15, 0.2) is 11.5 Å². The predicted molar refractivity (Wildman–Crippen MR) is 98.3 cm³/mol. The first kappa shape index (κ1) is 16.9. The Morgan fingerprint density at radius 2 is 2.07 bits per heavy atom. The van der Waals surface area contributed by atoms with Gasteiger partial charge in [-0.1, -0.05) is 6.07 Å². The number of fused-ring (bicyclic) bond motifs is 1. The van der Waals surface area contributed by atoms with Gasteiger partial charge in [-0.25, -0.2) is 0 Å². The number of carbonyl (C=O) groups excluding carboxylic acids is 1. The molecular formula is C19H18N4O4. The minimum Gasteiger partial charge on any atom is -0.454 e. The van der Waals surface area contributed by atoms with Crippen molar-refractivity contribution in [2.75, 3.05) is 12.1 Å². The van der Waals surface area contributed by atoms with Gasteiger partial charge in [-0.05, 0) is 36.2 Å². The maximum atomic E-state index is 12.9. The number of hydrogen-bond donors (Lipinski definition) is 1. The van der Waals surface area contributed by atoms with Crippen molar-refractivity contribution in [3.05, 3.63) is 69.9 Å². The first-order chi connectivity index (χ1) is 13.0. The molecular weight excluding hydrogens is 348 g/mol. The lowest BCUT2D eigenvalue weighted by Crippen LogP contribution is -2.30. The van der Waals surface area contributed by atoms with Crippen LogP contribution in [0.4, 0.5) is 5.69 Å². The lowest BCUT2D eigenvalue weighted by atomic mass is 10.1. The summed E-state index contributed by atoms with van der Waals surface area (Å²) in [6, 6.07) is 7.28. The van der Waals surface area contributed by atoms with E-state index in [0.29, 0.717) is 29.3 Å². The molecule has 0 radical (unpaired) electrons. The van der Waals surface area contributed by atoms with Crippen LogP contribution in [0.2, 0.25) is 0 Å². The fraction of sp³-hybridized carbons (Fsp3) is 0.211. The van der Waals surface area contributed by atoms with Gasteiger partial charge < -0.3 is 19.4 Å². The van der Waals surface area contributed by atoms with Crippen LogP contribution >= 0.6 is 0 Å². The van der Waals surface area contributed by atoms with E-state index in [2.05, 4.69) is 10.4 Å². The van der Waals surface area contributed by atoms with Crippen molar-refractivity contribution >= 4 is 11.6 Å². The Labute approximate surface area is 155 Å². The van der Waals surface area contributed by atoms with Crippen molar-refractivity contribution in [3.63, 3.8) is 0 Å². The van der Waals surface area contributed by atoms with Crippen molar-refractivity contribution < 1.29 is 14.3 Å². The van der Waals surface area contributed by atoms with Gasteiger partial charge in [0.2, 0.25) is 6.79 Å². The summed E-state index contributed by atoms with van der Waals surface area (Å²) in [5, 5.41) is 6.72. The largest absolute Gasteiger partial charge is 0.454 e. The highest BCUT2D eigenvalue weighted by Gasteiger charge is 2.18. The number of aromatic nitrogens is 3. The minimum absolute atomic E-state index is 0.113. The van der Waals surface area contributed by atoms with E-state index in [1.54, 1.807) is 37.1 Å². The van der Waals surface area contributed by atoms with Gasteiger partial charge in [0.1, 0.15) is 5.56 Å². The van der Waals surface area contributed by atoms with Crippen molar-refractivity contribution in [1.82, 2.24) is 14.3 Å². The Bertz CT molecular complexity index is 1080. The number of carbonyl (C=O) groups is 1. The fourth-order valence-corrected chi connectivity index (χ4v) is 2.98. The summed E-state index contributed by atoms with van der Waals surface area (Å²) in [6.07, 6.45) is 4.88. The van der Waals surface area contributed by atoms with E-state index in [9.17, 15) is 9.59 Å². The molecule has 0 spiro atoms. The quantitative estimate of drug-likeness (QED) is 0.762. The van der Waals surface area contributed by atoms with Crippen LogP contribution in [0.5, 0.6) is 11.5 Å². The number of pyridine rings is 1. The first-order valence-corrected chi connectivity index (χ1v) is 8.40. The summed E-state index contributed by atoms with van der Waals surface area (Å²) >= 11 is 0. The Morgan fingerprint density at radius 1 is 1.26 bits per heavy atom. The zero-order valence-electron chi connectivity index (χ0n) is 14.9. The van der Waals surface area contributed by atoms with Crippen molar-refractivity contribution in [2.45, 2.75) is 13.5 Å². The first-order valence-electron chi connectivity index (χ1n) is 8.40. The lowest BCUT2D eigenvalue weighted by molar-refractivity contribution is 0.102. The van der Waals surface area contributed by atoms with Crippen molar-refractivity contribution in [3.8, 4) is 11.5 Å². The molecule has 0 fully saturated rings. The number of nitrogens with zero attached hydrogens (tertiary/aromatic N) is 3. The van der Waals surface area contributed by atoms with Crippen molar-refractivity contribution in [1.29, 1.82) is 0 Å². The molecule has 2 aromatic heterocycles. The zero-order valence-corrected chi connectivity index (χ0v) is 14.9. The molecule has 3 heterocycles. The van der Waals surface area contributed by atoms with Gasteiger partial charge in [-0.3, -0.25) is 14.3 Å². The molecule has 1 aromatic carbocycles. The molecule has 8 heteroatoms. The third-order valence-corrected chi connectivity index (χ3v) is 4.35. The van der Waals surface area contributed by atoms with Crippen LogP contribution in [-0.2, 0) is 13.6 Å². The molecule has 1 aliphatic heterocycles. The van der Waals surface area contributed by atoms with E-state index in [-0.39, 0.29) is 17.9 Å². The molecule has 138 valence electrons. The number of aryl methyl sites for hydroxylation is 2. The maximum absolute atomic E-state index is 12.9. The molecule has 0 bridgehead atoms. The number of rotatable bonds is 4. The summed E-state index contributed by atoms with van der Waals surface area (Å²) in [5.41, 5.74) is 1.79. The monoisotopic (exact) mass is 366 g/mol. The third-order valence-electron chi connectivity index (χ3n) is 4.35. The average molecular weight is 366 g/mol. The summed E-state index contributed by atoms with van der Waals surface area (Å²) in [6.45, 7) is 2.26. The van der Waals surface area contributed by atoms with Crippen LogP contribution < -0.4 is 20.3 Å². The molecule has 0 atom stereocenters. The molecule has 0 aliphatic carbocycles. The smallest absolute Gasteiger partial charge is 0.263 e. The highest BCUT2D eigenvalue weighted by atomic mass is 16.7. The molecule has 0 unspecified atom stereocenters. The molecule has 1 N–H and O–H groups in total. The topological polar surface area (TPSA) is 87.4 Å². The second-order valence-corrected chi connectivity index (χ2v) is 6.35. The van der Waals surface area contributed by atoms with Crippen LogP contribution in [0.1, 0.15) is 21.5 Å². The Hall–Kier alpha value is -3.55. The lowest BCUT2D eigenvalue weighted by Gasteiger charge is -2.11. The number of benzene rings is 1.